The highest BCUT2D eigenvalue weighted by Gasteiger charge is 2.36. The standard InChI is InChI=1S/C17H25N3O/c1-13-3-5-14(6-4-13)9-19(2)17(21)12-20-10-15-7-18-8-16(15)11-20/h3-6,15-16,18H,7-12H2,1-2H3/t15-,16+. The predicted molar refractivity (Wildman–Crippen MR) is 83.9 cm³/mol. The van der Waals surface area contributed by atoms with Gasteiger partial charge in [-0.25, -0.2) is 0 Å². The maximum Gasteiger partial charge on any atom is 0.236 e. The number of likely N-dealkylation sites (N-methyl/N-ethyl adjacent to an activating group) is 1. The molecule has 3 rings (SSSR count). The fourth-order valence-electron chi connectivity index (χ4n) is 3.45. The molecule has 2 heterocycles. The molecule has 1 aromatic carbocycles. The molecule has 1 N–H and O–H groups in total. The summed E-state index contributed by atoms with van der Waals surface area (Å²) < 4.78 is 0. The van der Waals surface area contributed by atoms with Crippen LogP contribution in [0.25, 0.3) is 0 Å². The number of rotatable bonds is 4. The molecule has 2 aliphatic rings. The van der Waals surface area contributed by atoms with E-state index < -0.39 is 0 Å². The van der Waals surface area contributed by atoms with Gasteiger partial charge in [0, 0.05) is 26.7 Å². The second kappa shape index (κ2) is 6.16. The fourth-order valence-corrected chi connectivity index (χ4v) is 3.45. The summed E-state index contributed by atoms with van der Waals surface area (Å²) in [5.74, 6) is 1.73. The van der Waals surface area contributed by atoms with Crippen LogP contribution in [0.1, 0.15) is 11.1 Å². The van der Waals surface area contributed by atoms with Gasteiger partial charge >= 0.3 is 0 Å². The number of hydrogen-bond acceptors (Lipinski definition) is 3. The molecule has 0 spiro atoms. The van der Waals surface area contributed by atoms with Crippen LogP contribution in [0, 0.1) is 18.8 Å². The average molecular weight is 287 g/mol. The lowest BCUT2D eigenvalue weighted by Crippen LogP contribution is -2.38. The lowest BCUT2D eigenvalue weighted by Gasteiger charge is -2.22. The first kappa shape index (κ1) is 14.5. The number of nitrogens with zero attached hydrogens (tertiary/aromatic N) is 2. The van der Waals surface area contributed by atoms with Crippen LogP contribution < -0.4 is 5.32 Å². The van der Waals surface area contributed by atoms with E-state index in [2.05, 4.69) is 41.4 Å². The number of carbonyl (C=O) groups is 1. The molecule has 2 saturated heterocycles. The second-order valence-corrected chi connectivity index (χ2v) is 6.61. The Kier molecular flexibility index (Phi) is 4.27. The van der Waals surface area contributed by atoms with Gasteiger partial charge in [-0.05, 0) is 37.4 Å². The third-order valence-electron chi connectivity index (χ3n) is 4.79. The fraction of sp³-hybridized carbons (Fsp3) is 0.588. The summed E-state index contributed by atoms with van der Waals surface area (Å²) in [5, 5.41) is 3.44. The smallest absolute Gasteiger partial charge is 0.236 e. The summed E-state index contributed by atoms with van der Waals surface area (Å²) in [6, 6.07) is 8.40. The van der Waals surface area contributed by atoms with Crippen molar-refractivity contribution in [1.29, 1.82) is 0 Å². The SMILES string of the molecule is Cc1ccc(CN(C)C(=O)CN2C[C@H]3CNC[C@H]3C2)cc1. The zero-order chi connectivity index (χ0) is 14.8. The molecular weight excluding hydrogens is 262 g/mol. The topological polar surface area (TPSA) is 35.6 Å². The molecule has 0 unspecified atom stereocenters. The van der Waals surface area contributed by atoms with Crippen LogP contribution in [0.4, 0.5) is 0 Å². The molecule has 4 nitrogen and oxygen atoms in total. The van der Waals surface area contributed by atoms with Crippen LogP contribution in [-0.2, 0) is 11.3 Å². The number of aryl methyl sites for hydroxylation is 1. The van der Waals surface area contributed by atoms with Crippen molar-refractivity contribution in [3.8, 4) is 0 Å². The quantitative estimate of drug-likeness (QED) is 0.901. The van der Waals surface area contributed by atoms with Crippen molar-refractivity contribution < 1.29 is 4.79 Å². The minimum atomic E-state index is 0.225. The van der Waals surface area contributed by atoms with E-state index in [9.17, 15) is 4.79 Å². The number of amides is 1. The molecule has 0 aromatic heterocycles. The van der Waals surface area contributed by atoms with E-state index in [1.165, 1.54) is 11.1 Å². The monoisotopic (exact) mass is 287 g/mol. The van der Waals surface area contributed by atoms with Crippen molar-refractivity contribution in [2.45, 2.75) is 13.5 Å². The summed E-state index contributed by atoms with van der Waals surface area (Å²) in [4.78, 5) is 16.5. The Labute approximate surface area is 127 Å². The Morgan fingerprint density at radius 2 is 1.86 bits per heavy atom. The average Bonchev–Trinajstić information content (AvgIpc) is 3.02. The zero-order valence-electron chi connectivity index (χ0n) is 13.0. The first-order valence-electron chi connectivity index (χ1n) is 7.84. The van der Waals surface area contributed by atoms with Crippen molar-refractivity contribution in [2.75, 3.05) is 39.8 Å². The van der Waals surface area contributed by atoms with Gasteiger partial charge in [0.2, 0.25) is 5.91 Å². The lowest BCUT2D eigenvalue weighted by atomic mass is 10.0. The highest BCUT2D eigenvalue weighted by atomic mass is 16.2. The second-order valence-electron chi connectivity index (χ2n) is 6.61. The van der Waals surface area contributed by atoms with Crippen LogP contribution in [-0.4, -0.2) is 55.5 Å². The maximum absolute atomic E-state index is 12.4. The first-order chi connectivity index (χ1) is 10.1. The molecule has 0 radical (unpaired) electrons. The third-order valence-corrected chi connectivity index (χ3v) is 4.79. The van der Waals surface area contributed by atoms with E-state index in [-0.39, 0.29) is 5.91 Å². The molecule has 0 saturated carbocycles. The van der Waals surface area contributed by atoms with Gasteiger partial charge in [0.15, 0.2) is 0 Å². The van der Waals surface area contributed by atoms with Gasteiger partial charge in [-0.2, -0.15) is 0 Å². The largest absolute Gasteiger partial charge is 0.340 e. The van der Waals surface area contributed by atoms with Crippen LogP contribution in [0.15, 0.2) is 24.3 Å². The van der Waals surface area contributed by atoms with E-state index in [1.807, 2.05) is 11.9 Å². The molecule has 0 aliphatic carbocycles. The Morgan fingerprint density at radius 3 is 2.48 bits per heavy atom. The zero-order valence-corrected chi connectivity index (χ0v) is 13.0. The molecule has 2 atom stereocenters. The normalized spacial score (nSPS) is 25.0. The number of carbonyl (C=O) groups excluding carboxylic acids is 1. The number of benzene rings is 1. The summed E-state index contributed by atoms with van der Waals surface area (Å²) in [7, 11) is 1.90. The van der Waals surface area contributed by atoms with Gasteiger partial charge < -0.3 is 10.2 Å². The maximum atomic E-state index is 12.4. The third kappa shape index (κ3) is 3.44. The van der Waals surface area contributed by atoms with Crippen LogP contribution in [0.3, 0.4) is 0 Å². The molecule has 2 fully saturated rings. The van der Waals surface area contributed by atoms with Gasteiger partial charge in [-0.3, -0.25) is 9.69 Å². The Balaban J connectivity index is 1.49. The number of fused-ring (bicyclic) bond motifs is 1. The highest BCUT2D eigenvalue weighted by molar-refractivity contribution is 5.78. The van der Waals surface area contributed by atoms with E-state index in [0.717, 1.165) is 38.0 Å². The minimum absolute atomic E-state index is 0.225. The molecule has 0 bridgehead atoms. The number of likely N-dealkylation sites (tertiary alicyclic amines) is 1. The lowest BCUT2D eigenvalue weighted by molar-refractivity contribution is -0.131. The van der Waals surface area contributed by atoms with E-state index >= 15 is 0 Å². The Bertz CT molecular complexity index is 487. The van der Waals surface area contributed by atoms with Gasteiger partial charge in [0.25, 0.3) is 0 Å². The van der Waals surface area contributed by atoms with Gasteiger partial charge in [0.05, 0.1) is 6.54 Å². The van der Waals surface area contributed by atoms with Crippen molar-refractivity contribution >= 4 is 5.91 Å². The van der Waals surface area contributed by atoms with Crippen molar-refractivity contribution in [2.24, 2.45) is 11.8 Å². The van der Waals surface area contributed by atoms with Crippen molar-refractivity contribution in [3.05, 3.63) is 35.4 Å². The first-order valence-corrected chi connectivity index (χ1v) is 7.84. The summed E-state index contributed by atoms with van der Waals surface area (Å²) >= 11 is 0. The van der Waals surface area contributed by atoms with Gasteiger partial charge in [-0.15, -0.1) is 0 Å². The Morgan fingerprint density at radius 1 is 1.24 bits per heavy atom. The van der Waals surface area contributed by atoms with E-state index in [0.29, 0.717) is 13.1 Å². The molecule has 2 aliphatic heterocycles. The number of hydrogen-bond donors (Lipinski definition) is 1. The minimum Gasteiger partial charge on any atom is -0.340 e. The van der Waals surface area contributed by atoms with Crippen LogP contribution in [0.5, 0.6) is 0 Å². The molecule has 4 heteroatoms. The van der Waals surface area contributed by atoms with E-state index in [4.69, 9.17) is 0 Å². The molecule has 1 amide bonds. The van der Waals surface area contributed by atoms with Crippen molar-refractivity contribution in [3.63, 3.8) is 0 Å². The van der Waals surface area contributed by atoms with Crippen LogP contribution in [0.2, 0.25) is 0 Å². The predicted octanol–water partition coefficient (Wildman–Crippen LogP) is 1.10. The molecular formula is C17H25N3O. The van der Waals surface area contributed by atoms with Gasteiger partial charge in [-0.1, -0.05) is 29.8 Å². The molecule has 1 aromatic rings. The summed E-state index contributed by atoms with van der Waals surface area (Å²) in [6.07, 6.45) is 0. The molecule has 114 valence electrons. The number of nitrogens with one attached hydrogen (secondary N) is 1. The Hall–Kier alpha value is -1.39. The summed E-state index contributed by atoms with van der Waals surface area (Å²) in [5.41, 5.74) is 2.45. The van der Waals surface area contributed by atoms with E-state index in [1.54, 1.807) is 0 Å². The van der Waals surface area contributed by atoms with Crippen LogP contribution >= 0.6 is 0 Å². The summed E-state index contributed by atoms with van der Waals surface area (Å²) in [6.45, 7) is 7.72. The van der Waals surface area contributed by atoms with Gasteiger partial charge in [0.1, 0.15) is 0 Å². The highest BCUT2D eigenvalue weighted by Crippen LogP contribution is 2.25. The molecule has 21 heavy (non-hydrogen) atoms. The van der Waals surface area contributed by atoms with Crippen molar-refractivity contribution in [1.82, 2.24) is 15.1 Å².